The average Bonchev–Trinajstić information content (AvgIpc) is 2.58. The molecule has 0 bridgehead atoms. The summed E-state index contributed by atoms with van der Waals surface area (Å²) in [6.07, 6.45) is 0.972. The van der Waals surface area contributed by atoms with Crippen LogP contribution in [-0.2, 0) is 24.9 Å². The van der Waals surface area contributed by atoms with Crippen molar-refractivity contribution in [2.75, 3.05) is 6.54 Å². The van der Waals surface area contributed by atoms with Crippen LogP contribution in [0.5, 0.6) is 0 Å². The fraction of sp³-hybridized carbons (Fsp3) is 0.667. The topological polar surface area (TPSA) is 53.6 Å². The Kier molecular flexibility index (Phi) is 2.73. The van der Waals surface area contributed by atoms with Crippen LogP contribution in [0.15, 0.2) is 0 Å². The molecule has 0 aromatic carbocycles. The van der Waals surface area contributed by atoms with Gasteiger partial charge in [-0.25, -0.2) is 0 Å². The lowest BCUT2D eigenvalue weighted by atomic mass is 9.88. The van der Waals surface area contributed by atoms with E-state index in [1.54, 1.807) is 0 Å². The van der Waals surface area contributed by atoms with Crippen LogP contribution < -0.4 is 5.32 Å². The second-order valence-electron chi connectivity index (χ2n) is 5.27. The molecule has 0 radical (unpaired) electrons. The molecule has 1 aromatic rings. The fourth-order valence-electron chi connectivity index (χ4n) is 2.22. The molecule has 0 unspecified atom stereocenters. The van der Waals surface area contributed by atoms with Gasteiger partial charge in [-0.2, -0.15) is 10.4 Å². The summed E-state index contributed by atoms with van der Waals surface area (Å²) in [7, 11) is 0. The molecule has 0 fully saturated rings. The number of aromatic nitrogens is 2. The number of hydrogen-bond donors (Lipinski definition) is 1. The number of fused-ring (bicyclic) bond motifs is 1. The molecular weight excluding hydrogens is 200 g/mol. The summed E-state index contributed by atoms with van der Waals surface area (Å²) in [6, 6.07) is 2.18. The molecular formula is C12H18N4. The van der Waals surface area contributed by atoms with E-state index in [0.717, 1.165) is 25.2 Å². The second kappa shape index (κ2) is 3.91. The minimum absolute atomic E-state index is 0.0454. The normalized spacial score (nSPS) is 15.6. The van der Waals surface area contributed by atoms with Crippen molar-refractivity contribution in [3.63, 3.8) is 0 Å². The van der Waals surface area contributed by atoms with Gasteiger partial charge in [0.25, 0.3) is 0 Å². The Hall–Kier alpha value is -1.34. The third-order valence-corrected chi connectivity index (χ3v) is 2.94. The zero-order valence-corrected chi connectivity index (χ0v) is 10.2. The predicted octanol–water partition coefficient (Wildman–Crippen LogP) is 1.35. The van der Waals surface area contributed by atoms with Gasteiger partial charge in [-0.3, -0.25) is 4.68 Å². The number of nitrogens with zero attached hydrogens (tertiary/aromatic N) is 3. The van der Waals surface area contributed by atoms with Crippen molar-refractivity contribution in [3.8, 4) is 6.07 Å². The van der Waals surface area contributed by atoms with Crippen molar-refractivity contribution in [1.29, 1.82) is 5.26 Å². The van der Waals surface area contributed by atoms with Crippen molar-refractivity contribution in [3.05, 3.63) is 17.0 Å². The molecule has 0 atom stereocenters. The Bertz CT molecular complexity index is 431. The van der Waals surface area contributed by atoms with Crippen LogP contribution in [0.1, 0.15) is 37.7 Å². The van der Waals surface area contributed by atoms with Gasteiger partial charge in [0.15, 0.2) is 0 Å². The molecule has 0 saturated heterocycles. The summed E-state index contributed by atoms with van der Waals surface area (Å²) in [6.45, 7) is 8.72. The van der Waals surface area contributed by atoms with Gasteiger partial charge in [0.05, 0.1) is 11.8 Å². The van der Waals surface area contributed by atoms with Crippen LogP contribution in [0.3, 0.4) is 0 Å². The third-order valence-electron chi connectivity index (χ3n) is 2.94. The SMILES string of the molecule is CC(C)(C)c1nn(CC#N)c2c1CNCC2. The summed E-state index contributed by atoms with van der Waals surface area (Å²) in [5.41, 5.74) is 3.72. The van der Waals surface area contributed by atoms with E-state index in [1.165, 1.54) is 11.3 Å². The Labute approximate surface area is 96.3 Å². The van der Waals surface area contributed by atoms with Crippen LogP contribution in [0.25, 0.3) is 0 Å². The van der Waals surface area contributed by atoms with Crippen molar-refractivity contribution >= 4 is 0 Å². The highest BCUT2D eigenvalue weighted by molar-refractivity contribution is 5.33. The third kappa shape index (κ3) is 1.83. The lowest BCUT2D eigenvalue weighted by Crippen LogP contribution is -2.26. The van der Waals surface area contributed by atoms with E-state index in [4.69, 9.17) is 5.26 Å². The van der Waals surface area contributed by atoms with Gasteiger partial charge in [0.2, 0.25) is 0 Å². The van der Waals surface area contributed by atoms with Crippen molar-refractivity contribution in [2.24, 2.45) is 0 Å². The molecule has 2 heterocycles. The number of hydrogen-bond acceptors (Lipinski definition) is 3. The summed E-state index contributed by atoms with van der Waals surface area (Å²) in [5.74, 6) is 0. The first-order valence-corrected chi connectivity index (χ1v) is 5.70. The molecule has 0 amide bonds. The first-order valence-electron chi connectivity index (χ1n) is 5.70. The highest BCUT2D eigenvalue weighted by atomic mass is 15.3. The molecule has 16 heavy (non-hydrogen) atoms. The lowest BCUT2D eigenvalue weighted by molar-refractivity contribution is 0.542. The van der Waals surface area contributed by atoms with Gasteiger partial charge in [-0.15, -0.1) is 0 Å². The molecule has 1 aliphatic heterocycles. The minimum atomic E-state index is 0.0454. The Morgan fingerprint density at radius 1 is 1.50 bits per heavy atom. The number of nitriles is 1. The summed E-state index contributed by atoms with van der Waals surface area (Å²) >= 11 is 0. The van der Waals surface area contributed by atoms with Crippen LogP contribution >= 0.6 is 0 Å². The fourth-order valence-corrected chi connectivity index (χ4v) is 2.22. The maximum Gasteiger partial charge on any atom is 0.128 e. The van der Waals surface area contributed by atoms with E-state index in [0.29, 0.717) is 6.54 Å². The van der Waals surface area contributed by atoms with Gasteiger partial charge in [-0.1, -0.05) is 20.8 Å². The first kappa shape index (κ1) is 11.2. The Morgan fingerprint density at radius 3 is 2.88 bits per heavy atom. The molecule has 0 spiro atoms. The highest BCUT2D eigenvalue weighted by Gasteiger charge is 2.27. The van der Waals surface area contributed by atoms with E-state index >= 15 is 0 Å². The quantitative estimate of drug-likeness (QED) is 0.774. The first-order chi connectivity index (χ1) is 7.54. The molecule has 1 aromatic heterocycles. The van der Waals surface area contributed by atoms with Crippen LogP contribution in [0.4, 0.5) is 0 Å². The largest absolute Gasteiger partial charge is 0.312 e. The van der Waals surface area contributed by atoms with Crippen molar-refractivity contribution in [2.45, 2.75) is 45.7 Å². The standard InChI is InChI=1S/C12H18N4/c1-12(2,3)11-9-8-14-6-4-10(9)16(15-11)7-5-13/h14H,4,6-8H2,1-3H3. The van der Waals surface area contributed by atoms with Crippen LogP contribution in [0.2, 0.25) is 0 Å². The molecule has 0 saturated carbocycles. The molecule has 1 aliphatic rings. The van der Waals surface area contributed by atoms with Gasteiger partial charge >= 0.3 is 0 Å². The van der Waals surface area contributed by atoms with Gasteiger partial charge in [-0.05, 0) is 0 Å². The van der Waals surface area contributed by atoms with E-state index in [2.05, 4.69) is 37.3 Å². The molecule has 86 valence electrons. The zero-order chi connectivity index (χ0) is 11.8. The monoisotopic (exact) mass is 218 g/mol. The average molecular weight is 218 g/mol. The molecule has 4 nitrogen and oxygen atoms in total. The maximum absolute atomic E-state index is 8.81. The maximum atomic E-state index is 8.81. The van der Waals surface area contributed by atoms with E-state index in [1.807, 2.05) is 4.68 Å². The van der Waals surface area contributed by atoms with E-state index in [-0.39, 0.29) is 5.41 Å². The smallest absolute Gasteiger partial charge is 0.128 e. The minimum Gasteiger partial charge on any atom is -0.312 e. The number of nitrogens with one attached hydrogen (secondary N) is 1. The second-order valence-corrected chi connectivity index (χ2v) is 5.27. The summed E-state index contributed by atoms with van der Waals surface area (Å²) in [4.78, 5) is 0. The van der Waals surface area contributed by atoms with Gasteiger partial charge in [0, 0.05) is 36.2 Å². The Balaban J connectivity index is 2.51. The van der Waals surface area contributed by atoms with Crippen molar-refractivity contribution in [1.82, 2.24) is 15.1 Å². The van der Waals surface area contributed by atoms with E-state index in [9.17, 15) is 0 Å². The molecule has 2 rings (SSSR count). The summed E-state index contributed by atoms with van der Waals surface area (Å²) < 4.78 is 1.87. The van der Waals surface area contributed by atoms with E-state index < -0.39 is 0 Å². The van der Waals surface area contributed by atoms with Crippen LogP contribution in [0, 0.1) is 11.3 Å². The highest BCUT2D eigenvalue weighted by Crippen LogP contribution is 2.28. The predicted molar refractivity (Wildman–Crippen MR) is 62.0 cm³/mol. The lowest BCUT2D eigenvalue weighted by Gasteiger charge is -2.20. The number of rotatable bonds is 1. The van der Waals surface area contributed by atoms with Crippen LogP contribution in [-0.4, -0.2) is 16.3 Å². The molecule has 4 heteroatoms. The van der Waals surface area contributed by atoms with Gasteiger partial charge < -0.3 is 5.32 Å². The molecule has 1 N–H and O–H groups in total. The Morgan fingerprint density at radius 2 is 2.25 bits per heavy atom. The molecule has 0 aliphatic carbocycles. The van der Waals surface area contributed by atoms with Gasteiger partial charge in [0.1, 0.15) is 6.54 Å². The summed E-state index contributed by atoms with van der Waals surface area (Å²) in [5, 5.41) is 16.8. The van der Waals surface area contributed by atoms with Crippen molar-refractivity contribution < 1.29 is 0 Å². The zero-order valence-electron chi connectivity index (χ0n) is 10.2.